The van der Waals surface area contributed by atoms with Crippen molar-refractivity contribution >= 4 is 8.80 Å². The molecule has 0 radical (unpaired) electrons. The number of H-pyrrole nitrogens is 1. The number of aliphatic hydroxyl groups excluding tert-OH is 1. The number of hydrogen-bond donors (Lipinski definition) is 2. The molecular formula is C12H24N2O5Si. The first-order chi connectivity index (χ1) is 9.55. The molecular weight excluding hydrogens is 280 g/mol. The highest BCUT2D eigenvalue weighted by atomic mass is 28.4. The summed E-state index contributed by atoms with van der Waals surface area (Å²) in [6.45, 7) is 2.23. The summed E-state index contributed by atoms with van der Waals surface area (Å²) in [5.41, 5.74) is 0. The van der Waals surface area contributed by atoms with Crippen molar-refractivity contribution in [2.24, 2.45) is 0 Å². The SMILES string of the molecule is CO[Si](CCCOc1cnc(CC(C)O)[nH]1)(OC)OC. The van der Waals surface area contributed by atoms with Crippen molar-refractivity contribution in [2.75, 3.05) is 27.9 Å². The Bertz CT molecular complexity index is 373. The van der Waals surface area contributed by atoms with E-state index in [-0.39, 0.29) is 0 Å². The van der Waals surface area contributed by atoms with Crippen LogP contribution in [0.2, 0.25) is 6.04 Å². The van der Waals surface area contributed by atoms with Crippen molar-refractivity contribution in [3.8, 4) is 5.88 Å². The van der Waals surface area contributed by atoms with E-state index in [0.29, 0.717) is 30.8 Å². The molecule has 1 aromatic rings. The average molecular weight is 304 g/mol. The van der Waals surface area contributed by atoms with Gasteiger partial charge in [0.1, 0.15) is 5.82 Å². The fourth-order valence-corrected chi connectivity index (χ4v) is 3.52. The fraction of sp³-hybridized carbons (Fsp3) is 0.750. The molecule has 0 amide bonds. The van der Waals surface area contributed by atoms with Crippen LogP contribution in [0.5, 0.6) is 5.88 Å². The maximum atomic E-state index is 9.26. The van der Waals surface area contributed by atoms with Crippen LogP contribution in [0.25, 0.3) is 0 Å². The molecule has 8 heteroatoms. The number of ether oxygens (including phenoxy) is 1. The van der Waals surface area contributed by atoms with Gasteiger partial charge < -0.3 is 28.1 Å². The first-order valence-corrected chi connectivity index (χ1v) is 8.48. The molecule has 7 nitrogen and oxygen atoms in total. The molecule has 0 aliphatic heterocycles. The van der Waals surface area contributed by atoms with Gasteiger partial charge in [-0.15, -0.1) is 0 Å². The van der Waals surface area contributed by atoms with Crippen molar-refractivity contribution in [3.63, 3.8) is 0 Å². The predicted octanol–water partition coefficient (Wildman–Crippen LogP) is 0.980. The van der Waals surface area contributed by atoms with Crippen LogP contribution in [0, 0.1) is 0 Å². The molecule has 1 rings (SSSR count). The monoisotopic (exact) mass is 304 g/mol. The summed E-state index contributed by atoms with van der Waals surface area (Å²) < 4.78 is 21.5. The zero-order chi connectivity index (χ0) is 15.0. The van der Waals surface area contributed by atoms with Gasteiger partial charge in [-0.1, -0.05) is 0 Å². The molecule has 0 saturated heterocycles. The molecule has 0 aliphatic rings. The van der Waals surface area contributed by atoms with E-state index in [0.717, 1.165) is 6.42 Å². The third-order valence-electron chi connectivity index (χ3n) is 2.91. The van der Waals surface area contributed by atoms with Crippen LogP contribution in [0.15, 0.2) is 6.20 Å². The lowest BCUT2D eigenvalue weighted by molar-refractivity contribution is 0.121. The first kappa shape index (κ1) is 17.1. The zero-order valence-electron chi connectivity index (χ0n) is 12.5. The molecule has 0 fully saturated rings. The summed E-state index contributed by atoms with van der Waals surface area (Å²) >= 11 is 0. The Labute approximate surface area is 120 Å². The Hall–Kier alpha value is -0.933. The highest BCUT2D eigenvalue weighted by Crippen LogP contribution is 2.15. The van der Waals surface area contributed by atoms with E-state index in [9.17, 15) is 5.11 Å². The smallest absolute Gasteiger partial charge is 0.478 e. The van der Waals surface area contributed by atoms with Crippen LogP contribution < -0.4 is 4.74 Å². The number of nitrogens with one attached hydrogen (secondary N) is 1. The molecule has 1 heterocycles. The van der Waals surface area contributed by atoms with Gasteiger partial charge in [0.25, 0.3) is 0 Å². The number of aliphatic hydroxyl groups is 1. The maximum Gasteiger partial charge on any atom is 0.500 e. The molecule has 0 spiro atoms. The van der Waals surface area contributed by atoms with Crippen LogP contribution in [0.3, 0.4) is 0 Å². The molecule has 0 saturated carbocycles. The van der Waals surface area contributed by atoms with Gasteiger partial charge in [-0.2, -0.15) is 0 Å². The van der Waals surface area contributed by atoms with Crippen LogP contribution in [0.4, 0.5) is 0 Å². The molecule has 2 N–H and O–H groups in total. The Morgan fingerprint density at radius 2 is 1.95 bits per heavy atom. The molecule has 1 unspecified atom stereocenters. The fourth-order valence-electron chi connectivity index (χ4n) is 1.83. The normalized spacial score (nSPS) is 13.4. The standard InChI is InChI=1S/C12H24N2O5Si/c1-10(15)8-11-13-9-12(14-11)19-6-5-7-20(16-2,17-3)18-4/h9-10,15H,5-8H2,1-4H3,(H,13,14). The number of aromatic nitrogens is 2. The summed E-state index contributed by atoms with van der Waals surface area (Å²) in [5, 5.41) is 9.26. The Morgan fingerprint density at radius 1 is 1.30 bits per heavy atom. The predicted molar refractivity (Wildman–Crippen MR) is 75.7 cm³/mol. The third-order valence-corrected chi connectivity index (χ3v) is 5.74. The van der Waals surface area contributed by atoms with Gasteiger partial charge in [0.05, 0.1) is 18.9 Å². The summed E-state index contributed by atoms with van der Waals surface area (Å²) in [5.74, 6) is 1.31. The van der Waals surface area contributed by atoms with Crippen LogP contribution in [-0.4, -0.2) is 57.9 Å². The second kappa shape index (κ2) is 8.38. The average Bonchev–Trinajstić information content (AvgIpc) is 2.86. The van der Waals surface area contributed by atoms with Crippen LogP contribution in [0.1, 0.15) is 19.2 Å². The van der Waals surface area contributed by atoms with Gasteiger partial charge in [0.2, 0.25) is 5.88 Å². The van der Waals surface area contributed by atoms with E-state index < -0.39 is 14.9 Å². The minimum atomic E-state index is -2.51. The first-order valence-electron chi connectivity index (χ1n) is 6.55. The van der Waals surface area contributed by atoms with E-state index in [1.54, 1.807) is 34.4 Å². The highest BCUT2D eigenvalue weighted by molar-refractivity contribution is 6.60. The van der Waals surface area contributed by atoms with Gasteiger partial charge in [-0.25, -0.2) is 4.98 Å². The van der Waals surface area contributed by atoms with Crippen molar-refractivity contribution < 1.29 is 23.1 Å². The molecule has 0 bridgehead atoms. The summed E-state index contributed by atoms with van der Waals surface area (Å²) in [6, 6.07) is 0.686. The minimum absolute atomic E-state index is 0.425. The Balaban J connectivity index is 2.32. The van der Waals surface area contributed by atoms with Crippen molar-refractivity contribution in [1.29, 1.82) is 0 Å². The largest absolute Gasteiger partial charge is 0.500 e. The number of hydrogen-bond acceptors (Lipinski definition) is 6. The van der Waals surface area contributed by atoms with Crippen molar-refractivity contribution in [1.82, 2.24) is 9.97 Å². The molecule has 1 aromatic heterocycles. The number of imidazole rings is 1. The molecule has 0 aromatic carbocycles. The van der Waals surface area contributed by atoms with Gasteiger partial charge in [-0.3, -0.25) is 0 Å². The van der Waals surface area contributed by atoms with E-state index in [4.69, 9.17) is 18.0 Å². The highest BCUT2D eigenvalue weighted by Gasteiger charge is 2.36. The number of rotatable bonds is 10. The summed E-state index contributed by atoms with van der Waals surface area (Å²) in [6.07, 6.45) is 2.43. The van der Waals surface area contributed by atoms with Gasteiger partial charge >= 0.3 is 8.80 Å². The summed E-state index contributed by atoms with van der Waals surface area (Å²) in [4.78, 5) is 7.13. The Kier molecular flexibility index (Phi) is 7.17. The van der Waals surface area contributed by atoms with Crippen molar-refractivity contribution in [3.05, 3.63) is 12.0 Å². The molecule has 1 atom stereocenters. The molecule has 0 aliphatic carbocycles. The minimum Gasteiger partial charge on any atom is -0.478 e. The van der Waals surface area contributed by atoms with E-state index in [2.05, 4.69) is 9.97 Å². The topological polar surface area (TPSA) is 85.8 Å². The molecule has 116 valence electrons. The third kappa shape index (κ3) is 5.21. The van der Waals surface area contributed by atoms with E-state index in [1.807, 2.05) is 0 Å². The quantitative estimate of drug-likeness (QED) is 0.495. The lowest BCUT2D eigenvalue weighted by Gasteiger charge is -2.24. The van der Waals surface area contributed by atoms with Crippen molar-refractivity contribution in [2.45, 2.75) is 31.9 Å². The second-order valence-electron chi connectivity index (χ2n) is 4.49. The van der Waals surface area contributed by atoms with Crippen LogP contribution in [-0.2, 0) is 19.7 Å². The number of nitrogens with zero attached hydrogens (tertiary/aromatic N) is 1. The maximum absolute atomic E-state index is 9.26. The van der Waals surface area contributed by atoms with Gasteiger partial charge in [-0.05, 0) is 13.3 Å². The van der Waals surface area contributed by atoms with E-state index in [1.165, 1.54) is 0 Å². The summed E-state index contributed by atoms with van der Waals surface area (Å²) in [7, 11) is 2.27. The lowest BCUT2D eigenvalue weighted by atomic mass is 10.3. The Morgan fingerprint density at radius 3 is 2.50 bits per heavy atom. The van der Waals surface area contributed by atoms with Gasteiger partial charge in [0, 0.05) is 33.8 Å². The van der Waals surface area contributed by atoms with Gasteiger partial charge in [0.15, 0.2) is 0 Å². The van der Waals surface area contributed by atoms with Crippen LogP contribution >= 0.6 is 0 Å². The molecule has 20 heavy (non-hydrogen) atoms. The van der Waals surface area contributed by atoms with E-state index >= 15 is 0 Å². The zero-order valence-corrected chi connectivity index (χ0v) is 13.5. The lowest BCUT2D eigenvalue weighted by Crippen LogP contribution is -2.42. The second-order valence-corrected chi connectivity index (χ2v) is 7.59. The number of aromatic amines is 1.